The van der Waals surface area contributed by atoms with Crippen molar-refractivity contribution < 1.29 is 23.2 Å². The third-order valence-corrected chi connectivity index (χ3v) is 1.63. The van der Waals surface area contributed by atoms with Crippen molar-refractivity contribution in [2.75, 3.05) is 7.11 Å². The number of non-ortho nitro benzene ring substituents is 1. The van der Waals surface area contributed by atoms with Gasteiger partial charge in [-0.25, -0.2) is 13.6 Å². The maximum atomic E-state index is 13.0. The zero-order valence-electron chi connectivity index (χ0n) is 7.49. The number of rotatable bonds is 2. The van der Waals surface area contributed by atoms with E-state index in [2.05, 4.69) is 4.74 Å². The van der Waals surface area contributed by atoms with Crippen molar-refractivity contribution in [3.63, 3.8) is 0 Å². The van der Waals surface area contributed by atoms with E-state index in [9.17, 15) is 23.7 Å². The van der Waals surface area contributed by atoms with Crippen molar-refractivity contribution in [3.05, 3.63) is 39.4 Å². The molecule has 0 saturated carbocycles. The Labute approximate surface area is 82.4 Å². The first kappa shape index (κ1) is 11.0. The van der Waals surface area contributed by atoms with Crippen LogP contribution in [0.4, 0.5) is 14.5 Å². The Morgan fingerprint density at radius 2 is 2.07 bits per heavy atom. The summed E-state index contributed by atoms with van der Waals surface area (Å²) in [5.74, 6) is -4.10. The van der Waals surface area contributed by atoms with Gasteiger partial charge in [-0.15, -0.1) is 0 Å². The molecule has 0 aliphatic carbocycles. The van der Waals surface area contributed by atoms with Crippen molar-refractivity contribution >= 4 is 11.7 Å². The van der Waals surface area contributed by atoms with Gasteiger partial charge < -0.3 is 4.74 Å². The van der Waals surface area contributed by atoms with Gasteiger partial charge in [-0.3, -0.25) is 10.1 Å². The summed E-state index contributed by atoms with van der Waals surface area (Å²) >= 11 is 0. The summed E-state index contributed by atoms with van der Waals surface area (Å²) in [7, 11) is 0.957. The molecule has 1 aromatic carbocycles. The van der Waals surface area contributed by atoms with Crippen LogP contribution < -0.4 is 0 Å². The minimum Gasteiger partial charge on any atom is -0.465 e. The maximum Gasteiger partial charge on any atom is 0.341 e. The van der Waals surface area contributed by atoms with E-state index in [0.717, 1.165) is 7.11 Å². The highest BCUT2D eigenvalue weighted by atomic mass is 19.2. The molecule has 15 heavy (non-hydrogen) atoms. The van der Waals surface area contributed by atoms with Crippen molar-refractivity contribution in [2.24, 2.45) is 0 Å². The van der Waals surface area contributed by atoms with E-state index in [4.69, 9.17) is 0 Å². The zero-order valence-corrected chi connectivity index (χ0v) is 7.49. The molecule has 1 rings (SSSR count). The number of nitro benzene ring substituents is 1. The molecule has 1 aromatic rings. The molecule has 80 valence electrons. The molecule has 0 aromatic heterocycles. The number of hydrogen-bond donors (Lipinski definition) is 0. The highest BCUT2D eigenvalue weighted by Crippen LogP contribution is 2.20. The van der Waals surface area contributed by atoms with E-state index in [1.807, 2.05) is 0 Å². The second kappa shape index (κ2) is 3.99. The number of benzene rings is 1. The number of carbonyl (C=O) groups is 1. The Morgan fingerprint density at radius 1 is 1.47 bits per heavy atom. The number of carbonyl (C=O) groups excluding carboxylic acids is 1. The Kier molecular flexibility index (Phi) is 2.93. The van der Waals surface area contributed by atoms with Gasteiger partial charge in [0.2, 0.25) is 0 Å². The standard InChI is InChI=1S/C8H5F2NO4/c1-15-8(12)5-2-4(11(13)14)3-6(9)7(5)10/h2-3H,1H3. The summed E-state index contributed by atoms with van der Waals surface area (Å²) in [6, 6.07) is 1.01. The quantitative estimate of drug-likeness (QED) is 0.429. The van der Waals surface area contributed by atoms with Gasteiger partial charge in [-0.05, 0) is 0 Å². The van der Waals surface area contributed by atoms with E-state index in [-0.39, 0.29) is 0 Å². The zero-order chi connectivity index (χ0) is 11.6. The fraction of sp³-hybridized carbons (Fsp3) is 0.125. The smallest absolute Gasteiger partial charge is 0.341 e. The minimum atomic E-state index is -1.47. The second-order valence-corrected chi connectivity index (χ2v) is 2.54. The number of esters is 1. The summed E-state index contributed by atoms with van der Waals surface area (Å²) in [4.78, 5) is 20.3. The molecule has 0 N–H and O–H groups in total. The van der Waals surface area contributed by atoms with Gasteiger partial charge in [0.1, 0.15) is 5.56 Å². The number of halogens is 2. The Bertz CT molecular complexity index is 433. The molecule has 0 unspecified atom stereocenters. The summed E-state index contributed by atoms with van der Waals surface area (Å²) in [5, 5.41) is 10.3. The third-order valence-electron chi connectivity index (χ3n) is 1.63. The monoisotopic (exact) mass is 217 g/mol. The van der Waals surface area contributed by atoms with E-state index in [1.165, 1.54) is 0 Å². The van der Waals surface area contributed by atoms with Crippen LogP contribution in [0.1, 0.15) is 10.4 Å². The predicted octanol–water partition coefficient (Wildman–Crippen LogP) is 1.66. The van der Waals surface area contributed by atoms with Crippen LogP contribution in [0.25, 0.3) is 0 Å². The molecule has 0 fully saturated rings. The molecule has 7 heteroatoms. The Morgan fingerprint density at radius 3 is 2.53 bits per heavy atom. The lowest BCUT2D eigenvalue weighted by Gasteiger charge is -2.01. The highest BCUT2D eigenvalue weighted by Gasteiger charge is 2.21. The van der Waals surface area contributed by atoms with Crippen LogP contribution in [0.15, 0.2) is 12.1 Å². The predicted molar refractivity (Wildman–Crippen MR) is 44.4 cm³/mol. The molecule has 0 radical (unpaired) electrons. The van der Waals surface area contributed by atoms with Crippen molar-refractivity contribution in [2.45, 2.75) is 0 Å². The lowest BCUT2D eigenvalue weighted by molar-refractivity contribution is -0.385. The van der Waals surface area contributed by atoms with Gasteiger partial charge >= 0.3 is 5.97 Å². The van der Waals surface area contributed by atoms with Crippen molar-refractivity contribution in [3.8, 4) is 0 Å². The highest BCUT2D eigenvalue weighted by molar-refractivity contribution is 5.90. The number of nitrogens with zero attached hydrogens (tertiary/aromatic N) is 1. The van der Waals surface area contributed by atoms with Crippen molar-refractivity contribution in [1.82, 2.24) is 0 Å². The van der Waals surface area contributed by atoms with E-state index < -0.39 is 33.8 Å². The number of ether oxygens (including phenoxy) is 1. The Hall–Kier alpha value is -2.05. The van der Waals surface area contributed by atoms with Crippen LogP contribution in [0, 0.1) is 21.7 Å². The minimum absolute atomic E-state index is 0.391. The van der Waals surface area contributed by atoms with Gasteiger partial charge in [0.05, 0.1) is 18.1 Å². The van der Waals surface area contributed by atoms with Crippen LogP contribution >= 0.6 is 0 Å². The van der Waals surface area contributed by atoms with Gasteiger partial charge in [-0.2, -0.15) is 0 Å². The summed E-state index contributed by atoms with van der Waals surface area (Å²) in [5.41, 5.74) is -1.52. The van der Waals surface area contributed by atoms with Gasteiger partial charge in [0.25, 0.3) is 5.69 Å². The SMILES string of the molecule is COC(=O)c1cc([N+](=O)[O-])cc(F)c1F. The number of nitro groups is 1. The summed E-state index contributed by atoms with van der Waals surface area (Å²) in [6.07, 6.45) is 0. The largest absolute Gasteiger partial charge is 0.465 e. The van der Waals surface area contributed by atoms with Crippen LogP contribution in [-0.4, -0.2) is 18.0 Å². The lowest BCUT2D eigenvalue weighted by atomic mass is 10.2. The molecule has 0 heterocycles. The molecule has 0 aliphatic heterocycles. The molecular formula is C8H5F2NO4. The van der Waals surface area contributed by atoms with Gasteiger partial charge in [-0.1, -0.05) is 0 Å². The molecule has 0 aliphatic rings. The fourth-order valence-electron chi connectivity index (χ4n) is 0.939. The first-order valence-corrected chi connectivity index (χ1v) is 3.69. The van der Waals surface area contributed by atoms with E-state index >= 15 is 0 Å². The van der Waals surface area contributed by atoms with E-state index in [0.29, 0.717) is 12.1 Å². The first-order valence-electron chi connectivity index (χ1n) is 3.69. The Balaban J connectivity index is 3.37. The number of hydrogen-bond acceptors (Lipinski definition) is 4. The fourth-order valence-corrected chi connectivity index (χ4v) is 0.939. The van der Waals surface area contributed by atoms with Crippen LogP contribution in [0.5, 0.6) is 0 Å². The average Bonchev–Trinajstić information content (AvgIpc) is 2.20. The van der Waals surface area contributed by atoms with Crippen LogP contribution in [0.3, 0.4) is 0 Å². The second-order valence-electron chi connectivity index (χ2n) is 2.54. The maximum absolute atomic E-state index is 13.0. The third kappa shape index (κ3) is 2.06. The molecule has 0 atom stereocenters. The van der Waals surface area contributed by atoms with Gasteiger partial charge in [0, 0.05) is 6.07 Å². The van der Waals surface area contributed by atoms with Crippen LogP contribution in [-0.2, 0) is 4.74 Å². The summed E-state index contributed by atoms with van der Waals surface area (Å²) in [6.45, 7) is 0. The molecule has 0 spiro atoms. The average molecular weight is 217 g/mol. The van der Waals surface area contributed by atoms with E-state index in [1.54, 1.807) is 0 Å². The molecule has 0 bridgehead atoms. The normalized spacial score (nSPS) is 9.80. The number of methoxy groups -OCH3 is 1. The van der Waals surface area contributed by atoms with Crippen molar-refractivity contribution in [1.29, 1.82) is 0 Å². The summed E-state index contributed by atoms with van der Waals surface area (Å²) < 4.78 is 29.9. The topological polar surface area (TPSA) is 69.4 Å². The molecule has 5 nitrogen and oxygen atoms in total. The molecule has 0 amide bonds. The molecule has 0 saturated heterocycles. The molecular weight excluding hydrogens is 212 g/mol. The van der Waals surface area contributed by atoms with Gasteiger partial charge in [0.15, 0.2) is 11.6 Å². The lowest BCUT2D eigenvalue weighted by Crippen LogP contribution is -2.07. The van der Waals surface area contributed by atoms with Crippen LogP contribution in [0.2, 0.25) is 0 Å². The first-order chi connectivity index (χ1) is 6.97.